The van der Waals surface area contributed by atoms with Crippen LogP contribution in [0.3, 0.4) is 0 Å². The van der Waals surface area contributed by atoms with Crippen molar-refractivity contribution in [2.45, 2.75) is 12.5 Å². The minimum Gasteiger partial charge on any atom is -0.465 e. The van der Waals surface area contributed by atoms with Crippen LogP contribution in [0.15, 0.2) is 35.8 Å². The van der Waals surface area contributed by atoms with Crippen LogP contribution in [0, 0.1) is 0 Å². The summed E-state index contributed by atoms with van der Waals surface area (Å²) in [4.78, 5) is 15.3. The van der Waals surface area contributed by atoms with Gasteiger partial charge in [0.2, 0.25) is 0 Å². The SMILES string of the molecule is COC(=O)c1ccc(CC(O)c2nccs2)cc1. The minimum absolute atomic E-state index is 0.359. The van der Waals surface area contributed by atoms with Crippen molar-refractivity contribution in [3.8, 4) is 0 Å². The van der Waals surface area contributed by atoms with Crippen molar-refractivity contribution in [2.75, 3.05) is 7.11 Å². The van der Waals surface area contributed by atoms with E-state index in [-0.39, 0.29) is 5.97 Å². The molecular weight excluding hydrogens is 250 g/mol. The molecule has 0 saturated heterocycles. The van der Waals surface area contributed by atoms with Crippen molar-refractivity contribution in [2.24, 2.45) is 0 Å². The molecule has 1 atom stereocenters. The molecule has 0 bridgehead atoms. The summed E-state index contributed by atoms with van der Waals surface area (Å²) in [6, 6.07) is 7.00. The normalized spacial score (nSPS) is 12.1. The number of aliphatic hydroxyl groups is 1. The van der Waals surface area contributed by atoms with Crippen LogP contribution >= 0.6 is 11.3 Å². The minimum atomic E-state index is -0.603. The van der Waals surface area contributed by atoms with Crippen LogP contribution in [0.5, 0.6) is 0 Å². The maximum absolute atomic E-state index is 11.3. The average molecular weight is 263 g/mol. The Kier molecular flexibility index (Phi) is 4.07. The number of rotatable bonds is 4. The second kappa shape index (κ2) is 5.75. The first-order valence-electron chi connectivity index (χ1n) is 5.45. The van der Waals surface area contributed by atoms with Crippen molar-refractivity contribution >= 4 is 17.3 Å². The first kappa shape index (κ1) is 12.7. The fourth-order valence-corrected chi connectivity index (χ4v) is 2.23. The molecule has 94 valence electrons. The number of thiazole rings is 1. The van der Waals surface area contributed by atoms with Gasteiger partial charge < -0.3 is 9.84 Å². The summed E-state index contributed by atoms with van der Waals surface area (Å²) in [6.07, 6.45) is 1.55. The third-order valence-corrected chi connectivity index (χ3v) is 3.42. The molecule has 0 saturated carbocycles. The fourth-order valence-electron chi connectivity index (χ4n) is 1.60. The van der Waals surface area contributed by atoms with Crippen molar-refractivity contribution < 1.29 is 14.6 Å². The Bertz CT molecular complexity index is 508. The second-order valence-electron chi connectivity index (χ2n) is 3.78. The van der Waals surface area contributed by atoms with E-state index in [1.807, 2.05) is 17.5 Å². The fraction of sp³-hybridized carbons (Fsp3) is 0.231. The first-order chi connectivity index (χ1) is 8.70. The molecule has 2 rings (SSSR count). The lowest BCUT2D eigenvalue weighted by molar-refractivity contribution is 0.0600. The summed E-state index contributed by atoms with van der Waals surface area (Å²) in [7, 11) is 1.35. The maximum Gasteiger partial charge on any atom is 0.337 e. The van der Waals surface area contributed by atoms with Gasteiger partial charge in [-0.05, 0) is 17.7 Å². The van der Waals surface area contributed by atoms with Gasteiger partial charge in [0.15, 0.2) is 0 Å². The molecule has 1 aromatic heterocycles. The van der Waals surface area contributed by atoms with Gasteiger partial charge >= 0.3 is 5.97 Å². The summed E-state index contributed by atoms with van der Waals surface area (Å²) in [5, 5.41) is 12.5. The van der Waals surface area contributed by atoms with Crippen LogP contribution in [-0.2, 0) is 11.2 Å². The molecule has 0 spiro atoms. The van der Waals surface area contributed by atoms with Gasteiger partial charge in [-0.1, -0.05) is 12.1 Å². The highest BCUT2D eigenvalue weighted by molar-refractivity contribution is 7.09. The van der Waals surface area contributed by atoms with Crippen LogP contribution in [0.1, 0.15) is 27.0 Å². The van der Waals surface area contributed by atoms with E-state index < -0.39 is 6.10 Å². The van der Waals surface area contributed by atoms with E-state index in [0.29, 0.717) is 17.0 Å². The lowest BCUT2D eigenvalue weighted by atomic mass is 10.1. The number of esters is 1. The first-order valence-corrected chi connectivity index (χ1v) is 6.33. The molecule has 0 amide bonds. The summed E-state index contributed by atoms with van der Waals surface area (Å²) >= 11 is 1.43. The number of carbonyl (C=O) groups excluding carboxylic acids is 1. The van der Waals surface area contributed by atoms with Crippen LogP contribution in [0.25, 0.3) is 0 Å². The number of ether oxygens (including phenoxy) is 1. The van der Waals surface area contributed by atoms with Gasteiger partial charge in [-0.3, -0.25) is 0 Å². The Morgan fingerprint density at radius 3 is 2.72 bits per heavy atom. The Morgan fingerprint density at radius 2 is 2.17 bits per heavy atom. The lowest BCUT2D eigenvalue weighted by Crippen LogP contribution is -2.03. The Labute approximate surface area is 109 Å². The van der Waals surface area contributed by atoms with Crippen LogP contribution < -0.4 is 0 Å². The molecule has 5 heteroatoms. The van der Waals surface area contributed by atoms with E-state index in [9.17, 15) is 9.90 Å². The molecule has 18 heavy (non-hydrogen) atoms. The molecule has 0 fully saturated rings. The van der Waals surface area contributed by atoms with E-state index in [2.05, 4.69) is 9.72 Å². The molecule has 2 aromatic rings. The van der Waals surface area contributed by atoms with Crippen molar-refractivity contribution in [1.29, 1.82) is 0 Å². The number of aliphatic hydroxyl groups excluding tert-OH is 1. The topological polar surface area (TPSA) is 59.4 Å². The summed E-state index contributed by atoms with van der Waals surface area (Å²) < 4.78 is 4.62. The van der Waals surface area contributed by atoms with Gasteiger partial charge in [0.1, 0.15) is 11.1 Å². The zero-order valence-corrected chi connectivity index (χ0v) is 10.7. The number of carbonyl (C=O) groups is 1. The lowest BCUT2D eigenvalue weighted by Gasteiger charge is -2.07. The molecule has 0 aliphatic carbocycles. The Balaban J connectivity index is 2.04. The van der Waals surface area contributed by atoms with Crippen molar-refractivity contribution in [3.63, 3.8) is 0 Å². The second-order valence-corrected chi connectivity index (χ2v) is 4.70. The number of hydrogen-bond donors (Lipinski definition) is 1. The number of methoxy groups -OCH3 is 1. The van der Waals surface area contributed by atoms with Crippen molar-refractivity contribution in [3.05, 3.63) is 52.0 Å². The maximum atomic E-state index is 11.3. The predicted molar refractivity (Wildman–Crippen MR) is 68.6 cm³/mol. The van der Waals surface area contributed by atoms with Crippen LogP contribution in [-0.4, -0.2) is 23.2 Å². The quantitative estimate of drug-likeness (QED) is 0.859. The van der Waals surface area contributed by atoms with Crippen LogP contribution in [0.4, 0.5) is 0 Å². The standard InChI is InChI=1S/C13H13NO3S/c1-17-13(16)10-4-2-9(3-5-10)8-11(15)12-14-6-7-18-12/h2-7,11,15H,8H2,1H3. The molecule has 0 aliphatic heterocycles. The predicted octanol–water partition coefficient (Wildman–Crippen LogP) is 2.21. The van der Waals surface area contributed by atoms with Gasteiger partial charge in [0.05, 0.1) is 12.7 Å². The largest absolute Gasteiger partial charge is 0.465 e. The molecule has 1 heterocycles. The smallest absolute Gasteiger partial charge is 0.337 e. The van der Waals surface area contributed by atoms with Gasteiger partial charge in [-0.25, -0.2) is 9.78 Å². The highest BCUT2D eigenvalue weighted by atomic mass is 32.1. The number of nitrogens with zero attached hydrogens (tertiary/aromatic N) is 1. The monoisotopic (exact) mass is 263 g/mol. The third kappa shape index (κ3) is 2.94. The zero-order valence-electron chi connectivity index (χ0n) is 9.87. The number of benzene rings is 1. The molecule has 1 aromatic carbocycles. The molecule has 0 radical (unpaired) electrons. The molecule has 1 N–H and O–H groups in total. The Hall–Kier alpha value is -1.72. The van der Waals surface area contributed by atoms with E-state index in [1.54, 1.807) is 18.3 Å². The molecule has 4 nitrogen and oxygen atoms in total. The van der Waals surface area contributed by atoms with Gasteiger partial charge in [0.25, 0.3) is 0 Å². The van der Waals surface area contributed by atoms with E-state index >= 15 is 0 Å². The van der Waals surface area contributed by atoms with Gasteiger partial charge in [-0.2, -0.15) is 0 Å². The summed E-state index contributed by atoms with van der Waals surface area (Å²) in [6.45, 7) is 0. The Morgan fingerprint density at radius 1 is 1.44 bits per heavy atom. The van der Waals surface area contributed by atoms with E-state index in [1.165, 1.54) is 18.4 Å². The van der Waals surface area contributed by atoms with Crippen molar-refractivity contribution in [1.82, 2.24) is 4.98 Å². The number of hydrogen-bond acceptors (Lipinski definition) is 5. The van der Waals surface area contributed by atoms with Gasteiger partial charge in [-0.15, -0.1) is 11.3 Å². The summed E-state index contributed by atoms with van der Waals surface area (Å²) in [5.41, 5.74) is 1.45. The highest BCUT2D eigenvalue weighted by Gasteiger charge is 2.11. The summed E-state index contributed by atoms with van der Waals surface area (Å²) in [5.74, 6) is -0.359. The highest BCUT2D eigenvalue weighted by Crippen LogP contribution is 2.20. The van der Waals surface area contributed by atoms with Crippen LogP contribution in [0.2, 0.25) is 0 Å². The number of aromatic nitrogens is 1. The molecule has 0 aliphatic rings. The average Bonchev–Trinajstić information content (AvgIpc) is 2.92. The van der Waals surface area contributed by atoms with E-state index in [4.69, 9.17) is 0 Å². The molecular formula is C13H13NO3S. The molecule has 1 unspecified atom stereocenters. The van der Waals surface area contributed by atoms with E-state index in [0.717, 1.165) is 5.56 Å². The third-order valence-electron chi connectivity index (χ3n) is 2.54. The van der Waals surface area contributed by atoms with Gasteiger partial charge in [0, 0.05) is 18.0 Å². The zero-order chi connectivity index (χ0) is 13.0.